The van der Waals surface area contributed by atoms with Crippen molar-refractivity contribution in [3.8, 4) is 28.8 Å². The van der Waals surface area contributed by atoms with Crippen molar-refractivity contribution in [1.82, 2.24) is 4.98 Å². The van der Waals surface area contributed by atoms with Crippen LogP contribution < -0.4 is 4.74 Å². The molecule has 1 atom stereocenters. The highest BCUT2D eigenvalue weighted by molar-refractivity contribution is 5.61. The molecule has 0 spiro atoms. The summed E-state index contributed by atoms with van der Waals surface area (Å²) >= 11 is 0. The second-order valence-electron chi connectivity index (χ2n) is 6.12. The molecule has 8 heteroatoms. The fraction of sp³-hybridized carbons (Fsp3) is 0.143. The highest BCUT2D eigenvalue weighted by atomic mass is 19.4. The number of benzene rings is 2. The maximum Gasteiger partial charge on any atom is 0.417 e. The molecule has 0 bridgehead atoms. The summed E-state index contributed by atoms with van der Waals surface area (Å²) in [5.74, 6) is 0.258. The van der Waals surface area contributed by atoms with Crippen molar-refractivity contribution in [2.75, 3.05) is 6.61 Å². The maximum absolute atomic E-state index is 13.1. The normalized spacial score (nSPS) is 12.3. The van der Waals surface area contributed by atoms with Crippen molar-refractivity contribution < 1.29 is 28.1 Å². The van der Waals surface area contributed by atoms with E-state index in [0.29, 0.717) is 22.6 Å². The minimum absolute atomic E-state index is 0.0461. The minimum Gasteiger partial charge on any atom is -0.457 e. The van der Waals surface area contributed by atoms with Crippen LogP contribution in [-0.2, 0) is 6.18 Å². The minimum atomic E-state index is -4.66. The molecular weight excluding hydrogens is 385 g/mol. The van der Waals surface area contributed by atoms with Gasteiger partial charge in [-0.1, -0.05) is 0 Å². The van der Waals surface area contributed by atoms with Crippen LogP contribution in [0.1, 0.15) is 22.8 Å². The third kappa shape index (κ3) is 4.71. The lowest BCUT2D eigenvalue weighted by atomic mass is 10.1. The molecule has 1 heterocycles. The monoisotopic (exact) mass is 400 g/mol. The summed E-state index contributed by atoms with van der Waals surface area (Å²) in [6.45, 7) is -0.416. The molecule has 148 valence electrons. The molecule has 0 fully saturated rings. The van der Waals surface area contributed by atoms with Gasteiger partial charge < -0.3 is 14.9 Å². The molecule has 0 radical (unpaired) electrons. The summed E-state index contributed by atoms with van der Waals surface area (Å²) in [5, 5.41) is 27.6. The number of halogens is 3. The average Bonchev–Trinajstić information content (AvgIpc) is 2.73. The van der Waals surface area contributed by atoms with Gasteiger partial charge in [0, 0.05) is 11.8 Å². The summed E-state index contributed by atoms with van der Waals surface area (Å²) in [6.07, 6.45) is -4.17. The van der Waals surface area contributed by atoms with Crippen molar-refractivity contribution in [3.05, 3.63) is 77.5 Å². The number of pyridine rings is 1. The molecule has 0 aliphatic carbocycles. The van der Waals surface area contributed by atoms with E-state index in [1.807, 2.05) is 0 Å². The zero-order valence-corrected chi connectivity index (χ0v) is 14.9. The van der Waals surface area contributed by atoms with Crippen LogP contribution >= 0.6 is 0 Å². The number of aliphatic hydroxyl groups is 2. The fourth-order valence-electron chi connectivity index (χ4n) is 2.67. The number of hydrogen-bond acceptors (Lipinski definition) is 5. The number of nitriles is 1. The van der Waals surface area contributed by atoms with Gasteiger partial charge in [0.15, 0.2) is 0 Å². The predicted octanol–water partition coefficient (Wildman–Crippen LogP) is 4.46. The summed E-state index contributed by atoms with van der Waals surface area (Å²) in [7, 11) is 0. The standard InChI is InChI=1S/C21H15F3N2O3/c22-21(23,24)18-10-17(6-3-15(18)11-25)29-16-4-1-13(2-5-16)19-9-14(7-8-26-19)20(28)12-27/h1-10,20,27-28H,12H2/t20-/m0/s1. The van der Waals surface area contributed by atoms with E-state index in [4.69, 9.17) is 15.1 Å². The van der Waals surface area contributed by atoms with Crippen LogP contribution in [0, 0.1) is 11.3 Å². The lowest BCUT2D eigenvalue weighted by Gasteiger charge is -2.12. The van der Waals surface area contributed by atoms with Gasteiger partial charge in [0.05, 0.1) is 29.5 Å². The second-order valence-corrected chi connectivity index (χ2v) is 6.12. The van der Waals surface area contributed by atoms with E-state index >= 15 is 0 Å². The van der Waals surface area contributed by atoms with Crippen molar-refractivity contribution in [3.63, 3.8) is 0 Å². The number of ether oxygens (including phenoxy) is 1. The molecule has 29 heavy (non-hydrogen) atoms. The Kier molecular flexibility index (Phi) is 5.82. The zero-order chi connectivity index (χ0) is 21.0. The molecule has 1 aromatic heterocycles. The number of hydrogen-bond donors (Lipinski definition) is 2. The molecule has 0 unspecified atom stereocenters. The van der Waals surface area contributed by atoms with Crippen LogP contribution in [0.2, 0.25) is 0 Å². The molecule has 3 rings (SSSR count). The topological polar surface area (TPSA) is 86.4 Å². The first-order valence-corrected chi connectivity index (χ1v) is 8.46. The van der Waals surface area contributed by atoms with Gasteiger partial charge in [-0.3, -0.25) is 4.98 Å². The van der Waals surface area contributed by atoms with Gasteiger partial charge in [-0.15, -0.1) is 0 Å². The van der Waals surface area contributed by atoms with Gasteiger partial charge in [0.25, 0.3) is 0 Å². The Morgan fingerprint density at radius 3 is 2.34 bits per heavy atom. The van der Waals surface area contributed by atoms with Crippen molar-refractivity contribution in [2.45, 2.75) is 12.3 Å². The van der Waals surface area contributed by atoms with Gasteiger partial charge in [-0.2, -0.15) is 18.4 Å². The first-order valence-electron chi connectivity index (χ1n) is 8.46. The molecule has 3 aromatic rings. The molecule has 2 aromatic carbocycles. The van der Waals surface area contributed by atoms with E-state index in [2.05, 4.69) is 4.98 Å². The van der Waals surface area contributed by atoms with E-state index in [9.17, 15) is 18.3 Å². The van der Waals surface area contributed by atoms with Gasteiger partial charge in [-0.05, 0) is 60.2 Å². The van der Waals surface area contributed by atoms with Gasteiger partial charge >= 0.3 is 6.18 Å². The first kappa shape index (κ1) is 20.3. The highest BCUT2D eigenvalue weighted by Crippen LogP contribution is 2.35. The Hall–Kier alpha value is -3.41. The van der Waals surface area contributed by atoms with Crippen LogP contribution in [0.5, 0.6) is 11.5 Å². The fourth-order valence-corrected chi connectivity index (χ4v) is 2.67. The Morgan fingerprint density at radius 1 is 1.03 bits per heavy atom. The molecule has 0 saturated carbocycles. The van der Waals surface area contributed by atoms with Gasteiger partial charge in [0.1, 0.15) is 17.6 Å². The largest absolute Gasteiger partial charge is 0.457 e. The van der Waals surface area contributed by atoms with Gasteiger partial charge in [-0.25, -0.2) is 0 Å². The predicted molar refractivity (Wildman–Crippen MR) is 98.0 cm³/mol. The van der Waals surface area contributed by atoms with Crippen LogP contribution in [0.4, 0.5) is 13.2 Å². The molecule has 0 saturated heterocycles. The zero-order valence-electron chi connectivity index (χ0n) is 14.9. The van der Waals surface area contributed by atoms with E-state index in [1.54, 1.807) is 36.4 Å². The smallest absolute Gasteiger partial charge is 0.417 e. The Bertz CT molecular complexity index is 1040. The van der Waals surface area contributed by atoms with Crippen LogP contribution in [-0.4, -0.2) is 21.8 Å². The summed E-state index contributed by atoms with van der Waals surface area (Å²) in [6, 6.07) is 14.4. The van der Waals surface area contributed by atoms with Crippen molar-refractivity contribution >= 4 is 0 Å². The summed E-state index contributed by atoms with van der Waals surface area (Å²) < 4.78 is 44.7. The quantitative estimate of drug-likeness (QED) is 0.661. The average molecular weight is 400 g/mol. The number of alkyl halides is 3. The molecule has 0 aliphatic heterocycles. The van der Waals surface area contributed by atoms with E-state index in [-0.39, 0.29) is 5.75 Å². The lowest BCUT2D eigenvalue weighted by molar-refractivity contribution is -0.137. The third-order valence-corrected chi connectivity index (χ3v) is 4.14. The van der Waals surface area contributed by atoms with Crippen molar-refractivity contribution in [1.29, 1.82) is 5.26 Å². The maximum atomic E-state index is 13.1. The molecule has 2 N–H and O–H groups in total. The molecule has 0 amide bonds. The number of aliphatic hydroxyl groups excluding tert-OH is 2. The SMILES string of the molecule is N#Cc1ccc(Oc2ccc(-c3cc([C@@H](O)CO)ccn3)cc2)cc1C(F)(F)F. The van der Waals surface area contributed by atoms with Crippen LogP contribution in [0.15, 0.2) is 60.8 Å². The number of aromatic nitrogens is 1. The van der Waals surface area contributed by atoms with Gasteiger partial charge in [0.2, 0.25) is 0 Å². The van der Waals surface area contributed by atoms with Crippen LogP contribution in [0.3, 0.4) is 0 Å². The Balaban J connectivity index is 1.83. The molecule has 0 aliphatic rings. The second kappa shape index (κ2) is 8.31. The highest BCUT2D eigenvalue weighted by Gasteiger charge is 2.34. The molecular formula is C21H15F3N2O3. The van der Waals surface area contributed by atoms with Crippen LogP contribution in [0.25, 0.3) is 11.3 Å². The number of nitrogens with zero attached hydrogens (tertiary/aromatic N) is 2. The number of rotatable bonds is 5. The van der Waals surface area contributed by atoms with Crippen molar-refractivity contribution in [2.24, 2.45) is 0 Å². The molecule has 5 nitrogen and oxygen atoms in total. The first-order chi connectivity index (χ1) is 13.8. The van der Waals surface area contributed by atoms with E-state index in [1.165, 1.54) is 18.3 Å². The summed E-state index contributed by atoms with van der Waals surface area (Å²) in [4.78, 5) is 4.21. The Morgan fingerprint density at radius 2 is 1.72 bits per heavy atom. The summed E-state index contributed by atoms with van der Waals surface area (Å²) in [5.41, 5.74) is 0.225. The Labute approximate surface area is 164 Å². The lowest BCUT2D eigenvalue weighted by Crippen LogP contribution is -2.07. The van der Waals surface area contributed by atoms with E-state index < -0.39 is 30.0 Å². The van der Waals surface area contributed by atoms with E-state index in [0.717, 1.165) is 12.1 Å². The third-order valence-electron chi connectivity index (χ3n) is 4.14.